The Hall–Kier alpha value is -2.30. The first-order chi connectivity index (χ1) is 10.7. The second kappa shape index (κ2) is 6.44. The zero-order chi connectivity index (χ0) is 17.2. The van der Waals surface area contributed by atoms with Crippen molar-refractivity contribution < 1.29 is 9.59 Å². The number of benzene rings is 1. The van der Waals surface area contributed by atoms with E-state index in [1.54, 1.807) is 4.90 Å². The summed E-state index contributed by atoms with van der Waals surface area (Å²) in [6.07, 6.45) is 0. The van der Waals surface area contributed by atoms with Crippen molar-refractivity contribution in [2.45, 2.75) is 40.2 Å². The van der Waals surface area contributed by atoms with Gasteiger partial charge in [0.2, 0.25) is 5.91 Å². The van der Waals surface area contributed by atoms with E-state index in [0.717, 1.165) is 16.5 Å². The summed E-state index contributed by atoms with van der Waals surface area (Å²) in [6.45, 7) is 10.2. The largest absolute Gasteiger partial charge is 0.351 e. The molecule has 0 aliphatic rings. The Kier molecular flexibility index (Phi) is 4.78. The highest BCUT2D eigenvalue weighted by molar-refractivity contribution is 5.99. The van der Waals surface area contributed by atoms with Crippen molar-refractivity contribution in [3.05, 3.63) is 35.5 Å². The molecule has 2 amide bonds. The average Bonchev–Trinajstić information content (AvgIpc) is 2.85. The molecule has 0 saturated carbocycles. The number of H-pyrrole nitrogens is 1. The standard InChI is InChI=1S/C18H25N3O2/c1-6-21(11-16(22)20-18(3,4)5)17(23)15-10-13-8-7-12(2)9-14(13)19-15/h7-10,19H,6,11H2,1-5H3,(H,20,22). The number of nitrogens with zero attached hydrogens (tertiary/aromatic N) is 1. The number of rotatable bonds is 4. The molecule has 23 heavy (non-hydrogen) atoms. The van der Waals surface area contributed by atoms with Gasteiger partial charge in [0.1, 0.15) is 5.69 Å². The number of nitrogens with one attached hydrogen (secondary N) is 2. The topological polar surface area (TPSA) is 65.2 Å². The number of aromatic nitrogens is 1. The minimum Gasteiger partial charge on any atom is -0.351 e. The molecule has 1 aromatic carbocycles. The Morgan fingerprint density at radius 1 is 1.22 bits per heavy atom. The number of amides is 2. The monoisotopic (exact) mass is 315 g/mol. The van der Waals surface area contributed by atoms with Crippen LogP contribution in [0.1, 0.15) is 43.7 Å². The molecule has 0 saturated heterocycles. The molecule has 0 aliphatic carbocycles. The van der Waals surface area contributed by atoms with Crippen molar-refractivity contribution in [1.29, 1.82) is 0 Å². The summed E-state index contributed by atoms with van der Waals surface area (Å²) in [5.74, 6) is -0.315. The lowest BCUT2D eigenvalue weighted by Crippen LogP contribution is -2.47. The van der Waals surface area contributed by atoms with Crippen LogP contribution >= 0.6 is 0 Å². The first-order valence-corrected chi connectivity index (χ1v) is 7.89. The Bertz CT molecular complexity index is 725. The maximum Gasteiger partial charge on any atom is 0.270 e. The van der Waals surface area contributed by atoms with Crippen molar-refractivity contribution in [3.63, 3.8) is 0 Å². The number of aryl methyl sites for hydroxylation is 1. The van der Waals surface area contributed by atoms with E-state index in [-0.39, 0.29) is 23.9 Å². The number of likely N-dealkylation sites (N-methyl/N-ethyl adjacent to an activating group) is 1. The summed E-state index contributed by atoms with van der Waals surface area (Å²) in [7, 11) is 0. The molecular formula is C18H25N3O2. The Balaban J connectivity index is 2.16. The molecule has 5 heteroatoms. The van der Waals surface area contributed by atoms with Crippen molar-refractivity contribution in [2.24, 2.45) is 0 Å². The molecule has 0 aliphatic heterocycles. The van der Waals surface area contributed by atoms with Gasteiger partial charge in [-0.2, -0.15) is 0 Å². The molecule has 5 nitrogen and oxygen atoms in total. The van der Waals surface area contributed by atoms with Crippen molar-refractivity contribution >= 4 is 22.7 Å². The predicted octanol–water partition coefficient (Wildman–Crippen LogP) is 2.85. The third kappa shape index (κ3) is 4.34. The lowest BCUT2D eigenvalue weighted by atomic mass is 10.1. The minimum atomic E-state index is -0.307. The van der Waals surface area contributed by atoms with E-state index in [1.807, 2.05) is 58.9 Å². The third-order valence-corrected chi connectivity index (χ3v) is 3.53. The third-order valence-electron chi connectivity index (χ3n) is 3.53. The van der Waals surface area contributed by atoms with Crippen LogP contribution in [0.2, 0.25) is 0 Å². The second-order valence-corrected chi connectivity index (χ2v) is 6.89. The fourth-order valence-electron chi connectivity index (χ4n) is 2.48. The number of hydrogen-bond acceptors (Lipinski definition) is 2. The van der Waals surface area contributed by atoms with Crippen molar-refractivity contribution in [1.82, 2.24) is 15.2 Å². The van der Waals surface area contributed by atoms with Gasteiger partial charge in [-0.25, -0.2) is 0 Å². The molecule has 0 fully saturated rings. The molecule has 0 spiro atoms. The summed E-state index contributed by atoms with van der Waals surface area (Å²) in [5, 5.41) is 3.88. The first kappa shape index (κ1) is 17.1. The first-order valence-electron chi connectivity index (χ1n) is 7.89. The summed E-state index contributed by atoms with van der Waals surface area (Å²) in [6, 6.07) is 7.84. The van der Waals surface area contributed by atoms with Gasteiger partial charge in [-0.15, -0.1) is 0 Å². The molecular weight excluding hydrogens is 290 g/mol. The van der Waals surface area contributed by atoms with Gasteiger partial charge < -0.3 is 15.2 Å². The summed E-state index contributed by atoms with van der Waals surface area (Å²) in [5.41, 5.74) is 2.27. The van der Waals surface area contributed by atoms with Gasteiger partial charge in [-0.05, 0) is 52.3 Å². The zero-order valence-electron chi connectivity index (χ0n) is 14.5. The molecule has 124 valence electrons. The molecule has 1 heterocycles. The lowest BCUT2D eigenvalue weighted by molar-refractivity contribution is -0.123. The predicted molar refractivity (Wildman–Crippen MR) is 92.5 cm³/mol. The van der Waals surface area contributed by atoms with Gasteiger partial charge in [0, 0.05) is 23.0 Å². The fraction of sp³-hybridized carbons (Fsp3) is 0.444. The Labute approximate surface area is 137 Å². The highest BCUT2D eigenvalue weighted by Gasteiger charge is 2.21. The maximum absolute atomic E-state index is 12.6. The number of fused-ring (bicyclic) bond motifs is 1. The van der Waals surface area contributed by atoms with E-state index in [9.17, 15) is 9.59 Å². The van der Waals surface area contributed by atoms with Crippen LogP contribution < -0.4 is 5.32 Å². The quantitative estimate of drug-likeness (QED) is 0.911. The van der Waals surface area contributed by atoms with Crippen LogP contribution in [0.4, 0.5) is 0 Å². The number of hydrogen-bond donors (Lipinski definition) is 2. The van der Waals surface area contributed by atoms with E-state index in [4.69, 9.17) is 0 Å². The Morgan fingerprint density at radius 2 is 1.91 bits per heavy atom. The molecule has 2 rings (SSSR count). The SMILES string of the molecule is CCN(CC(=O)NC(C)(C)C)C(=O)c1cc2ccc(C)cc2[nH]1. The molecule has 2 N–H and O–H groups in total. The molecule has 0 atom stereocenters. The van der Waals surface area contributed by atoms with E-state index in [2.05, 4.69) is 10.3 Å². The van der Waals surface area contributed by atoms with Crippen LogP contribution in [0.25, 0.3) is 10.9 Å². The lowest BCUT2D eigenvalue weighted by Gasteiger charge is -2.24. The van der Waals surface area contributed by atoms with Crippen LogP contribution in [0.15, 0.2) is 24.3 Å². The summed E-state index contributed by atoms with van der Waals surface area (Å²) < 4.78 is 0. The maximum atomic E-state index is 12.6. The Morgan fingerprint density at radius 3 is 2.52 bits per heavy atom. The van der Waals surface area contributed by atoms with E-state index in [0.29, 0.717) is 12.2 Å². The van der Waals surface area contributed by atoms with Gasteiger partial charge in [0.25, 0.3) is 5.91 Å². The number of carbonyl (C=O) groups is 2. The molecule has 0 bridgehead atoms. The van der Waals surface area contributed by atoms with Crippen LogP contribution in [0, 0.1) is 6.92 Å². The second-order valence-electron chi connectivity index (χ2n) is 6.89. The highest BCUT2D eigenvalue weighted by Crippen LogP contribution is 2.18. The fourth-order valence-corrected chi connectivity index (χ4v) is 2.48. The van der Waals surface area contributed by atoms with Crippen LogP contribution in [0.3, 0.4) is 0 Å². The smallest absolute Gasteiger partial charge is 0.270 e. The van der Waals surface area contributed by atoms with Crippen LogP contribution in [-0.4, -0.2) is 40.3 Å². The summed E-state index contributed by atoms with van der Waals surface area (Å²) in [4.78, 5) is 29.4. The van der Waals surface area contributed by atoms with Gasteiger partial charge in [0.05, 0.1) is 6.54 Å². The van der Waals surface area contributed by atoms with Crippen molar-refractivity contribution in [3.8, 4) is 0 Å². The normalized spacial score (nSPS) is 11.5. The highest BCUT2D eigenvalue weighted by atomic mass is 16.2. The van der Waals surface area contributed by atoms with Crippen LogP contribution in [-0.2, 0) is 4.79 Å². The van der Waals surface area contributed by atoms with Crippen LogP contribution in [0.5, 0.6) is 0 Å². The molecule has 0 radical (unpaired) electrons. The van der Waals surface area contributed by atoms with E-state index < -0.39 is 0 Å². The van der Waals surface area contributed by atoms with Gasteiger partial charge in [-0.1, -0.05) is 12.1 Å². The average molecular weight is 315 g/mol. The molecule has 1 aromatic heterocycles. The molecule has 2 aromatic rings. The zero-order valence-corrected chi connectivity index (χ0v) is 14.5. The number of carbonyl (C=O) groups excluding carboxylic acids is 2. The van der Waals surface area contributed by atoms with E-state index >= 15 is 0 Å². The van der Waals surface area contributed by atoms with Gasteiger partial charge in [-0.3, -0.25) is 9.59 Å². The minimum absolute atomic E-state index is 0.0565. The van der Waals surface area contributed by atoms with Crippen molar-refractivity contribution in [2.75, 3.05) is 13.1 Å². The molecule has 0 unspecified atom stereocenters. The van der Waals surface area contributed by atoms with Gasteiger partial charge in [0.15, 0.2) is 0 Å². The summed E-state index contributed by atoms with van der Waals surface area (Å²) >= 11 is 0. The van der Waals surface area contributed by atoms with Gasteiger partial charge >= 0.3 is 0 Å². The van der Waals surface area contributed by atoms with E-state index in [1.165, 1.54) is 0 Å². The number of aromatic amines is 1.